The molecule has 1 unspecified atom stereocenters. The Hall–Kier alpha value is -1.73. The van der Waals surface area contributed by atoms with Gasteiger partial charge in [-0.2, -0.15) is 0 Å². The molecule has 0 saturated carbocycles. The van der Waals surface area contributed by atoms with Crippen LogP contribution in [0, 0.1) is 0 Å². The lowest BCUT2D eigenvalue weighted by Gasteiger charge is -2.02. The molecule has 0 amide bonds. The highest BCUT2D eigenvalue weighted by Crippen LogP contribution is 2.22. The van der Waals surface area contributed by atoms with Gasteiger partial charge in [0.25, 0.3) is 0 Å². The highest BCUT2D eigenvalue weighted by atomic mass is 32.2. The van der Waals surface area contributed by atoms with E-state index in [1.807, 2.05) is 6.92 Å². The molecule has 0 fully saturated rings. The number of nitrogens with one attached hydrogen (secondary N) is 1. The van der Waals surface area contributed by atoms with Crippen molar-refractivity contribution in [3.8, 4) is 11.5 Å². The monoisotopic (exact) mass is 281 g/mol. The fourth-order valence-electron chi connectivity index (χ4n) is 1.49. The Balaban J connectivity index is 2.30. The molecule has 0 saturated heterocycles. The van der Waals surface area contributed by atoms with Crippen molar-refractivity contribution in [2.45, 2.75) is 17.9 Å². The van der Waals surface area contributed by atoms with Gasteiger partial charge in [0.1, 0.15) is 0 Å². The summed E-state index contributed by atoms with van der Waals surface area (Å²) in [7, 11) is -1.39. The molecule has 0 bridgehead atoms. The number of rotatable bonds is 4. The molecule has 1 aromatic heterocycles. The summed E-state index contributed by atoms with van der Waals surface area (Å²) >= 11 is 0. The number of nitrogens with zero attached hydrogens (tertiary/aromatic N) is 2. The van der Waals surface area contributed by atoms with Crippen LogP contribution < -0.4 is 5.32 Å². The van der Waals surface area contributed by atoms with E-state index in [1.54, 1.807) is 19.2 Å². The average Bonchev–Trinajstić information content (AvgIpc) is 2.86. The van der Waals surface area contributed by atoms with Crippen molar-refractivity contribution < 1.29 is 12.8 Å². The van der Waals surface area contributed by atoms with Crippen molar-refractivity contribution >= 4 is 9.84 Å². The van der Waals surface area contributed by atoms with Crippen LogP contribution in [0.2, 0.25) is 0 Å². The SMILES string of the molecule is CNC(C)c1nnc(-c2ccc(S(C)(=O)=O)cc2)o1. The molecule has 2 rings (SSSR count). The summed E-state index contributed by atoms with van der Waals surface area (Å²) in [6, 6.07) is 6.32. The Kier molecular flexibility index (Phi) is 3.68. The summed E-state index contributed by atoms with van der Waals surface area (Å²) in [5, 5.41) is 10.9. The molecule has 1 N–H and O–H groups in total. The summed E-state index contributed by atoms with van der Waals surface area (Å²) in [6.45, 7) is 1.91. The van der Waals surface area contributed by atoms with E-state index >= 15 is 0 Å². The zero-order chi connectivity index (χ0) is 14.0. The molecule has 6 nitrogen and oxygen atoms in total. The number of sulfone groups is 1. The quantitative estimate of drug-likeness (QED) is 0.912. The van der Waals surface area contributed by atoms with Crippen molar-refractivity contribution in [2.75, 3.05) is 13.3 Å². The minimum Gasteiger partial charge on any atom is -0.419 e. The van der Waals surface area contributed by atoms with Crippen molar-refractivity contribution in [3.05, 3.63) is 30.2 Å². The Labute approximate surface area is 111 Å². The van der Waals surface area contributed by atoms with E-state index < -0.39 is 9.84 Å². The van der Waals surface area contributed by atoms with E-state index in [0.717, 1.165) is 0 Å². The lowest BCUT2D eigenvalue weighted by molar-refractivity contribution is 0.441. The van der Waals surface area contributed by atoms with E-state index in [0.29, 0.717) is 17.3 Å². The first-order valence-corrected chi connectivity index (χ1v) is 7.62. The van der Waals surface area contributed by atoms with Crippen LogP contribution in [0.5, 0.6) is 0 Å². The fraction of sp³-hybridized carbons (Fsp3) is 0.333. The molecule has 2 aromatic rings. The van der Waals surface area contributed by atoms with Gasteiger partial charge in [0.15, 0.2) is 9.84 Å². The largest absolute Gasteiger partial charge is 0.419 e. The minimum atomic E-state index is -3.19. The Morgan fingerprint density at radius 3 is 2.37 bits per heavy atom. The van der Waals surface area contributed by atoms with Crippen LogP contribution in [-0.2, 0) is 9.84 Å². The highest BCUT2D eigenvalue weighted by molar-refractivity contribution is 7.90. The molecule has 1 aromatic carbocycles. The van der Waals surface area contributed by atoms with Gasteiger partial charge in [-0.15, -0.1) is 10.2 Å². The molecule has 102 valence electrons. The molecule has 7 heteroatoms. The van der Waals surface area contributed by atoms with Crippen LogP contribution in [-0.4, -0.2) is 31.9 Å². The number of hydrogen-bond acceptors (Lipinski definition) is 6. The van der Waals surface area contributed by atoms with Crippen LogP contribution in [0.25, 0.3) is 11.5 Å². The third kappa shape index (κ3) is 2.99. The van der Waals surface area contributed by atoms with Gasteiger partial charge >= 0.3 is 0 Å². The second-order valence-corrected chi connectivity index (χ2v) is 6.27. The molecule has 0 aliphatic heterocycles. The first kappa shape index (κ1) is 13.7. The molecule has 1 heterocycles. The predicted octanol–water partition coefficient (Wildman–Crippen LogP) is 1.42. The normalized spacial score (nSPS) is 13.4. The molecule has 19 heavy (non-hydrogen) atoms. The Morgan fingerprint density at radius 2 is 1.84 bits per heavy atom. The summed E-state index contributed by atoms with van der Waals surface area (Å²) in [5.74, 6) is 0.863. The van der Waals surface area contributed by atoms with Crippen LogP contribution >= 0.6 is 0 Å². The topological polar surface area (TPSA) is 85.1 Å². The van der Waals surface area contributed by atoms with Crippen molar-refractivity contribution in [2.24, 2.45) is 0 Å². The van der Waals surface area contributed by atoms with Gasteiger partial charge in [0.05, 0.1) is 10.9 Å². The molecule has 1 atom stereocenters. The first-order valence-electron chi connectivity index (χ1n) is 5.73. The van der Waals surface area contributed by atoms with Crippen LogP contribution in [0.4, 0.5) is 0 Å². The van der Waals surface area contributed by atoms with Crippen molar-refractivity contribution in [1.82, 2.24) is 15.5 Å². The van der Waals surface area contributed by atoms with Crippen molar-refractivity contribution in [1.29, 1.82) is 0 Å². The van der Waals surface area contributed by atoms with E-state index in [1.165, 1.54) is 18.4 Å². The lowest BCUT2D eigenvalue weighted by atomic mass is 10.2. The van der Waals surface area contributed by atoms with Gasteiger partial charge < -0.3 is 9.73 Å². The molecule has 0 aliphatic rings. The summed E-state index contributed by atoms with van der Waals surface area (Å²) in [5.41, 5.74) is 0.689. The third-order valence-electron chi connectivity index (χ3n) is 2.77. The van der Waals surface area contributed by atoms with E-state index in [9.17, 15) is 8.42 Å². The van der Waals surface area contributed by atoms with Gasteiger partial charge in [-0.25, -0.2) is 8.42 Å². The lowest BCUT2D eigenvalue weighted by Crippen LogP contribution is -2.12. The Bertz CT molecular complexity index is 662. The maximum absolute atomic E-state index is 11.4. The maximum atomic E-state index is 11.4. The minimum absolute atomic E-state index is 0.0310. The van der Waals surface area contributed by atoms with E-state index in [-0.39, 0.29) is 10.9 Å². The van der Waals surface area contributed by atoms with Gasteiger partial charge in [-0.3, -0.25) is 0 Å². The second kappa shape index (κ2) is 5.10. The summed E-state index contributed by atoms with van der Waals surface area (Å²) in [4.78, 5) is 0.264. The molecule has 0 spiro atoms. The van der Waals surface area contributed by atoms with Gasteiger partial charge in [0.2, 0.25) is 11.8 Å². The third-order valence-corrected chi connectivity index (χ3v) is 3.90. The van der Waals surface area contributed by atoms with Crippen LogP contribution in [0.1, 0.15) is 18.9 Å². The van der Waals surface area contributed by atoms with Gasteiger partial charge in [-0.05, 0) is 38.2 Å². The fourth-order valence-corrected chi connectivity index (χ4v) is 2.12. The molecular weight excluding hydrogens is 266 g/mol. The smallest absolute Gasteiger partial charge is 0.247 e. The van der Waals surface area contributed by atoms with Crippen LogP contribution in [0.3, 0.4) is 0 Å². The molecule has 0 radical (unpaired) electrons. The molecular formula is C12H15N3O3S. The average molecular weight is 281 g/mol. The summed E-state index contributed by atoms with van der Waals surface area (Å²) in [6.07, 6.45) is 1.17. The number of benzene rings is 1. The molecule has 0 aliphatic carbocycles. The summed E-state index contributed by atoms with van der Waals surface area (Å²) < 4.78 is 28.2. The van der Waals surface area contributed by atoms with Crippen LogP contribution in [0.15, 0.2) is 33.6 Å². The zero-order valence-corrected chi connectivity index (χ0v) is 11.7. The van der Waals surface area contributed by atoms with E-state index in [2.05, 4.69) is 15.5 Å². The Morgan fingerprint density at radius 1 is 1.21 bits per heavy atom. The van der Waals surface area contributed by atoms with E-state index in [4.69, 9.17) is 4.42 Å². The second-order valence-electron chi connectivity index (χ2n) is 4.25. The van der Waals surface area contributed by atoms with Gasteiger partial charge in [0, 0.05) is 11.8 Å². The standard InChI is InChI=1S/C12H15N3O3S/c1-8(13-2)11-14-15-12(18-11)9-4-6-10(7-5-9)19(3,16)17/h4-8,13H,1-3H3. The van der Waals surface area contributed by atoms with Gasteiger partial charge in [-0.1, -0.05) is 0 Å². The number of hydrogen-bond donors (Lipinski definition) is 1. The first-order chi connectivity index (χ1) is 8.91. The zero-order valence-electron chi connectivity index (χ0n) is 10.9. The van der Waals surface area contributed by atoms with Crippen molar-refractivity contribution in [3.63, 3.8) is 0 Å². The highest BCUT2D eigenvalue weighted by Gasteiger charge is 2.14. The number of aromatic nitrogens is 2. The maximum Gasteiger partial charge on any atom is 0.247 e. The predicted molar refractivity (Wildman–Crippen MR) is 70.3 cm³/mol.